The summed E-state index contributed by atoms with van der Waals surface area (Å²) >= 11 is 1.33. The number of carboxylic acid groups (broad SMARTS) is 1. The summed E-state index contributed by atoms with van der Waals surface area (Å²) in [6.07, 6.45) is 2.10. The summed E-state index contributed by atoms with van der Waals surface area (Å²) in [5, 5.41) is 12.5. The highest BCUT2D eigenvalue weighted by atomic mass is 32.1. The van der Waals surface area contributed by atoms with Crippen LogP contribution in [0.15, 0.2) is 0 Å². The van der Waals surface area contributed by atoms with Crippen LogP contribution in [0.25, 0.3) is 0 Å². The fraction of sp³-hybridized carbons (Fsp3) is 0.700. The maximum absolute atomic E-state index is 10.5. The summed E-state index contributed by atoms with van der Waals surface area (Å²) in [6.45, 7) is 4.60. The molecule has 0 spiro atoms. The summed E-state index contributed by atoms with van der Waals surface area (Å²) in [6, 6.07) is 0. The number of aliphatic carboxylic acids is 1. The van der Waals surface area contributed by atoms with Crippen LogP contribution in [-0.4, -0.2) is 27.0 Å². The Bertz CT molecular complexity index is 341. The maximum atomic E-state index is 10.5. The third kappa shape index (κ3) is 4.57. The third-order valence-electron chi connectivity index (χ3n) is 2.07. The Labute approximate surface area is 99.1 Å². The molecule has 1 aromatic heterocycles. The minimum absolute atomic E-state index is 0.0935. The Kier molecular flexibility index (Phi) is 5.18. The summed E-state index contributed by atoms with van der Waals surface area (Å²) in [5.74, 6) is 0.190. The van der Waals surface area contributed by atoms with Crippen LogP contribution in [0.5, 0.6) is 0 Å². The molecule has 0 aliphatic rings. The highest BCUT2D eigenvalue weighted by molar-refractivity contribution is 7.09. The van der Waals surface area contributed by atoms with Gasteiger partial charge in [0.1, 0.15) is 5.82 Å². The fourth-order valence-corrected chi connectivity index (χ4v) is 1.90. The Morgan fingerprint density at radius 3 is 3.00 bits per heavy atom. The van der Waals surface area contributed by atoms with Gasteiger partial charge in [0.05, 0.1) is 0 Å². The van der Waals surface area contributed by atoms with Crippen molar-refractivity contribution in [2.24, 2.45) is 5.92 Å². The first-order valence-corrected chi connectivity index (χ1v) is 6.17. The number of hydrogen-bond donors (Lipinski definition) is 2. The first-order valence-electron chi connectivity index (χ1n) is 5.40. The molecular weight excluding hydrogens is 226 g/mol. The van der Waals surface area contributed by atoms with Gasteiger partial charge >= 0.3 is 5.97 Å². The van der Waals surface area contributed by atoms with E-state index in [9.17, 15) is 4.79 Å². The minimum Gasteiger partial charge on any atom is -0.481 e. The van der Waals surface area contributed by atoms with E-state index >= 15 is 0 Å². The van der Waals surface area contributed by atoms with Crippen molar-refractivity contribution in [2.45, 2.75) is 33.1 Å². The zero-order chi connectivity index (χ0) is 12.0. The third-order valence-corrected chi connectivity index (χ3v) is 2.78. The van der Waals surface area contributed by atoms with Crippen molar-refractivity contribution in [3.8, 4) is 0 Å². The number of aromatic nitrogens is 2. The smallest absolute Gasteiger partial charge is 0.303 e. The molecule has 0 bridgehead atoms. The molecule has 0 saturated heterocycles. The number of nitrogens with one attached hydrogen (secondary N) is 1. The highest BCUT2D eigenvalue weighted by Crippen LogP contribution is 2.13. The van der Waals surface area contributed by atoms with E-state index < -0.39 is 5.97 Å². The van der Waals surface area contributed by atoms with E-state index in [0.717, 1.165) is 23.8 Å². The van der Waals surface area contributed by atoms with E-state index in [0.29, 0.717) is 6.54 Å². The number of hydrogen-bond acceptors (Lipinski definition) is 5. The molecule has 2 N–H and O–H groups in total. The van der Waals surface area contributed by atoms with Crippen LogP contribution in [0, 0.1) is 5.92 Å². The molecule has 1 aromatic rings. The second-order valence-electron chi connectivity index (χ2n) is 3.85. The predicted molar refractivity (Wildman–Crippen MR) is 63.8 cm³/mol. The normalized spacial score (nSPS) is 12.4. The Hall–Kier alpha value is -1.17. The van der Waals surface area contributed by atoms with Crippen molar-refractivity contribution in [1.82, 2.24) is 9.36 Å². The van der Waals surface area contributed by atoms with Crippen molar-refractivity contribution < 1.29 is 9.90 Å². The maximum Gasteiger partial charge on any atom is 0.303 e. The minimum atomic E-state index is -0.766. The number of rotatable bonds is 7. The van der Waals surface area contributed by atoms with Crippen LogP contribution in [0.2, 0.25) is 0 Å². The van der Waals surface area contributed by atoms with Gasteiger partial charge in [0.15, 0.2) is 0 Å². The van der Waals surface area contributed by atoms with E-state index in [4.69, 9.17) is 5.11 Å². The molecule has 1 rings (SSSR count). The van der Waals surface area contributed by atoms with E-state index in [2.05, 4.69) is 21.6 Å². The first kappa shape index (κ1) is 12.9. The second-order valence-corrected chi connectivity index (χ2v) is 4.60. The molecule has 90 valence electrons. The topological polar surface area (TPSA) is 75.1 Å². The average Bonchev–Trinajstić information content (AvgIpc) is 2.62. The van der Waals surface area contributed by atoms with Crippen LogP contribution in [0.4, 0.5) is 5.13 Å². The number of carbonyl (C=O) groups is 1. The molecule has 1 atom stereocenters. The van der Waals surface area contributed by atoms with Crippen molar-refractivity contribution in [3.05, 3.63) is 5.82 Å². The predicted octanol–water partition coefficient (Wildman–Crippen LogP) is 2.01. The van der Waals surface area contributed by atoms with Crippen LogP contribution in [0.1, 0.15) is 32.5 Å². The molecule has 0 amide bonds. The SMILES string of the molecule is CCCc1nsc(NCC(C)CC(=O)O)n1. The van der Waals surface area contributed by atoms with Gasteiger partial charge < -0.3 is 10.4 Å². The lowest BCUT2D eigenvalue weighted by molar-refractivity contribution is -0.137. The lowest BCUT2D eigenvalue weighted by atomic mass is 10.1. The molecular formula is C10H17N3O2S. The monoisotopic (exact) mass is 243 g/mol. The molecule has 0 radical (unpaired) electrons. The number of aryl methyl sites for hydroxylation is 1. The van der Waals surface area contributed by atoms with Gasteiger partial charge in [-0.05, 0) is 12.3 Å². The van der Waals surface area contributed by atoms with Crippen LogP contribution < -0.4 is 5.32 Å². The van der Waals surface area contributed by atoms with Crippen LogP contribution in [-0.2, 0) is 11.2 Å². The van der Waals surface area contributed by atoms with Crippen molar-refractivity contribution in [1.29, 1.82) is 0 Å². The van der Waals surface area contributed by atoms with E-state index in [1.54, 1.807) is 0 Å². The van der Waals surface area contributed by atoms with Gasteiger partial charge in [0.25, 0.3) is 0 Å². The van der Waals surface area contributed by atoms with Gasteiger partial charge in [-0.2, -0.15) is 4.37 Å². The van der Waals surface area contributed by atoms with Crippen molar-refractivity contribution >= 4 is 22.6 Å². The van der Waals surface area contributed by atoms with Crippen LogP contribution >= 0.6 is 11.5 Å². The molecule has 6 heteroatoms. The van der Waals surface area contributed by atoms with Gasteiger partial charge in [0.2, 0.25) is 5.13 Å². The van der Waals surface area contributed by atoms with E-state index in [1.807, 2.05) is 6.92 Å². The molecule has 0 aliphatic heterocycles. The Balaban J connectivity index is 2.33. The van der Waals surface area contributed by atoms with Gasteiger partial charge in [-0.3, -0.25) is 4.79 Å². The molecule has 0 aromatic carbocycles. The molecule has 1 unspecified atom stereocenters. The van der Waals surface area contributed by atoms with Crippen molar-refractivity contribution in [2.75, 3.05) is 11.9 Å². The second kappa shape index (κ2) is 6.42. The molecule has 0 aliphatic carbocycles. The quantitative estimate of drug-likeness (QED) is 0.766. The fourth-order valence-electron chi connectivity index (χ4n) is 1.28. The Morgan fingerprint density at radius 1 is 1.62 bits per heavy atom. The lowest BCUT2D eigenvalue weighted by Crippen LogP contribution is -2.14. The number of anilines is 1. The van der Waals surface area contributed by atoms with E-state index in [-0.39, 0.29) is 12.3 Å². The van der Waals surface area contributed by atoms with Gasteiger partial charge in [-0.1, -0.05) is 13.8 Å². The molecule has 1 heterocycles. The largest absolute Gasteiger partial charge is 0.481 e. The summed E-state index contributed by atoms with van der Waals surface area (Å²) < 4.78 is 4.20. The van der Waals surface area contributed by atoms with E-state index in [1.165, 1.54) is 11.5 Å². The standard InChI is InChI=1S/C10H17N3O2S/c1-3-4-8-12-10(16-13-8)11-6-7(2)5-9(14)15/h7H,3-6H2,1-2H3,(H,14,15)(H,11,12,13). The van der Waals surface area contributed by atoms with Gasteiger partial charge in [-0.15, -0.1) is 0 Å². The summed E-state index contributed by atoms with van der Waals surface area (Å²) in [7, 11) is 0. The zero-order valence-electron chi connectivity index (χ0n) is 9.56. The zero-order valence-corrected chi connectivity index (χ0v) is 10.4. The number of nitrogens with zero attached hydrogens (tertiary/aromatic N) is 2. The van der Waals surface area contributed by atoms with Crippen LogP contribution in [0.3, 0.4) is 0 Å². The average molecular weight is 243 g/mol. The Morgan fingerprint density at radius 2 is 2.38 bits per heavy atom. The summed E-state index contributed by atoms with van der Waals surface area (Å²) in [5.41, 5.74) is 0. The lowest BCUT2D eigenvalue weighted by Gasteiger charge is -2.08. The number of carboxylic acids is 1. The molecule has 0 saturated carbocycles. The molecule has 16 heavy (non-hydrogen) atoms. The molecule has 5 nitrogen and oxygen atoms in total. The van der Waals surface area contributed by atoms with Crippen molar-refractivity contribution in [3.63, 3.8) is 0 Å². The summed E-state index contributed by atoms with van der Waals surface area (Å²) in [4.78, 5) is 14.8. The van der Waals surface area contributed by atoms with Gasteiger partial charge in [-0.25, -0.2) is 4.98 Å². The first-order chi connectivity index (χ1) is 7.61. The van der Waals surface area contributed by atoms with Gasteiger partial charge in [0, 0.05) is 30.9 Å². The highest BCUT2D eigenvalue weighted by Gasteiger charge is 2.08. The molecule has 0 fully saturated rings.